The zero-order valence-corrected chi connectivity index (χ0v) is 13.5. The topological polar surface area (TPSA) is 38.3 Å². The highest BCUT2D eigenvalue weighted by atomic mass is 35.5. The largest absolute Gasteiger partial charge is 0.425 e. The second-order valence-corrected chi connectivity index (χ2v) is 5.70. The van der Waals surface area contributed by atoms with Crippen LogP contribution in [-0.2, 0) is 11.2 Å². The highest BCUT2D eigenvalue weighted by Gasteiger charge is 2.27. The van der Waals surface area contributed by atoms with E-state index in [1.165, 1.54) is 5.56 Å². The fourth-order valence-corrected chi connectivity index (χ4v) is 2.55. The summed E-state index contributed by atoms with van der Waals surface area (Å²) >= 11 is 0. The molecule has 0 spiro atoms. The number of halogens is 1. The van der Waals surface area contributed by atoms with Gasteiger partial charge < -0.3 is 10.1 Å². The molecule has 0 bridgehead atoms. The van der Waals surface area contributed by atoms with Gasteiger partial charge in [-0.15, -0.1) is 12.4 Å². The number of anilines is 1. The zero-order valence-electron chi connectivity index (χ0n) is 12.7. The molecular formula is C18H20ClNO2. The number of esters is 1. The van der Waals surface area contributed by atoms with E-state index in [0.29, 0.717) is 18.1 Å². The lowest BCUT2D eigenvalue weighted by molar-refractivity contribution is -0.135. The predicted octanol–water partition coefficient (Wildman–Crippen LogP) is 4.17. The van der Waals surface area contributed by atoms with Crippen LogP contribution in [0.3, 0.4) is 0 Å². The van der Waals surface area contributed by atoms with Gasteiger partial charge in [-0.3, -0.25) is 0 Å². The van der Waals surface area contributed by atoms with Crippen LogP contribution in [0.5, 0.6) is 5.75 Å². The van der Waals surface area contributed by atoms with E-state index < -0.39 is 0 Å². The molecule has 1 aliphatic heterocycles. The number of fused-ring (bicyclic) bond motifs is 1. The first-order valence-corrected chi connectivity index (χ1v) is 7.29. The number of hydrogen-bond acceptors (Lipinski definition) is 3. The molecule has 22 heavy (non-hydrogen) atoms. The monoisotopic (exact) mass is 317 g/mol. The van der Waals surface area contributed by atoms with Crippen LogP contribution in [0, 0.1) is 0 Å². The van der Waals surface area contributed by atoms with Crippen LogP contribution < -0.4 is 10.1 Å². The van der Waals surface area contributed by atoms with E-state index in [2.05, 4.69) is 19.2 Å². The Morgan fingerprint density at radius 2 is 1.82 bits per heavy atom. The number of rotatable bonds is 3. The summed E-state index contributed by atoms with van der Waals surface area (Å²) in [6.07, 6.45) is 0.680. The SMILES string of the molecule is CC(C)c1ccc(OC(=O)C2Cc3ccccc3N2)cc1.Cl. The average molecular weight is 318 g/mol. The smallest absolute Gasteiger partial charge is 0.334 e. The Morgan fingerprint density at radius 1 is 1.14 bits per heavy atom. The van der Waals surface area contributed by atoms with Gasteiger partial charge in [0.05, 0.1) is 0 Å². The van der Waals surface area contributed by atoms with Crippen LogP contribution in [-0.4, -0.2) is 12.0 Å². The van der Waals surface area contributed by atoms with Crippen molar-refractivity contribution in [3.8, 4) is 5.75 Å². The summed E-state index contributed by atoms with van der Waals surface area (Å²) in [5.41, 5.74) is 3.42. The fourth-order valence-electron chi connectivity index (χ4n) is 2.55. The zero-order chi connectivity index (χ0) is 14.8. The molecule has 0 amide bonds. The maximum atomic E-state index is 12.2. The molecule has 1 heterocycles. The number of benzene rings is 2. The lowest BCUT2D eigenvalue weighted by Crippen LogP contribution is -2.31. The van der Waals surface area contributed by atoms with Gasteiger partial charge in [0.2, 0.25) is 0 Å². The molecule has 1 unspecified atom stereocenters. The van der Waals surface area contributed by atoms with Crippen LogP contribution in [0.4, 0.5) is 5.69 Å². The quantitative estimate of drug-likeness (QED) is 0.682. The number of para-hydroxylation sites is 1. The predicted molar refractivity (Wildman–Crippen MR) is 91.0 cm³/mol. The molecule has 0 aromatic heterocycles. The van der Waals surface area contributed by atoms with Gasteiger partial charge in [-0.05, 0) is 35.2 Å². The summed E-state index contributed by atoms with van der Waals surface area (Å²) < 4.78 is 5.46. The Balaban J connectivity index is 0.00000176. The maximum absolute atomic E-state index is 12.2. The molecule has 0 radical (unpaired) electrons. The first kappa shape index (κ1) is 16.4. The number of nitrogens with one attached hydrogen (secondary N) is 1. The molecule has 1 N–H and O–H groups in total. The maximum Gasteiger partial charge on any atom is 0.334 e. The molecule has 0 saturated carbocycles. The van der Waals surface area contributed by atoms with Gasteiger partial charge in [0.25, 0.3) is 0 Å². The Hall–Kier alpha value is -2.00. The summed E-state index contributed by atoms with van der Waals surface area (Å²) in [5.74, 6) is 0.839. The van der Waals surface area contributed by atoms with Gasteiger partial charge in [0.15, 0.2) is 0 Å². The van der Waals surface area contributed by atoms with Crippen LogP contribution >= 0.6 is 12.4 Å². The standard InChI is InChI=1S/C18H19NO2.ClH/c1-12(2)13-7-9-15(10-8-13)21-18(20)17-11-14-5-3-4-6-16(14)19-17;/h3-10,12,17,19H,11H2,1-2H3;1H. The third-order valence-corrected chi connectivity index (χ3v) is 3.82. The van der Waals surface area contributed by atoms with Crippen LogP contribution in [0.25, 0.3) is 0 Å². The van der Waals surface area contributed by atoms with Crippen molar-refractivity contribution in [3.63, 3.8) is 0 Å². The van der Waals surface area contributed by atoms with E-state index in [4.69, 9.17) is 4.74 Å². The summed E-state index contributed by atoms with van der Waals surface area (Å²) in [6.45, 7) is 4.28. The number of hydrogen-bond donors (Lipinski definition) is 1. The third kappa shape index (κ3) is 3.42. The van der Waals surface area contributed by atoms with Gasteiger partial charge in [-0.1, -0.05) is 44.2 Å². The minimum atomic E-state index is -0.299. The second-order valence-electron chi connectivity index (χ2n) is 5.70. The third-order valence-electron chi connectivity index (χ3n) is 3.82. The second kappa shape index (κ2) is 6.84. The normalized spacial score (nSPS) is 15.7. The highest BCUT2D eigenvalue weighted by molar-refractivity contribution is 5.85. The van der Waals surface area contributed by atoms with E-state index in [0.717, 1.165) is 11.3 Å². The van der Waals surface area contributed by atoms with Gasteiger partial charge >= 0.3 is 5.97 Å². The molecule has 3 nitrogen and oxygen atoms in total. The number of carbonyl (C=O) groups excluding carboxylic acids is 1. The molecule has 116 valence electrons. The van der Waals surface area contributed by atoms with Crippen LogP contribution in [0.2, 0.25) is 0 Å². The molecule has 2 aromatic rings. The Labute approximate surface area is 137 Å². The van der Waals surface area contributed by atoms with Crippen molar-refractivity contribution in [1.29, 1.82) is 0 Å². The van der Waals surface area contributed by atoms with Gasteiger partial charge in [0, 0.05) is 12.1 Å². The first-order chi connectivity index (χ1) is 10.1. The summed E-state index contributed by atoms with van der Waals surface area (Å²) in [4.78, 5) is 12.2. The molecular weight excluding hydrogens is 298 g/mol. The lowest BCUT2D eigenvalue weighted by atomic mass is 10.0. The molecule has 3 rings (SSSR count). The van der Waals surface area contributed by atoms with E-state index in [9.17, 15) is 4.79 Å². The molecule has 0 fully saturated rings. The van der Waals surface area contributed by atoms with E-state index in [1.807, 2.05) is 48.5 Å². The minimum absolute atomic E-state index is 0. The Morgan fingerprint density at radius 3 is 2.45 bits per heavy atom. The van der Waals surface area contributed by atoms with Crippen LogP contribution in [0.15, 0.2) is 48.5 Å². The van der Waals surface area contributed by atoms with Gasteiger partial charge in [-0.2, -0.15) is 0 Å². The fraction of sp³-hybridized carbons (Fsp3) is 0.278. The molecule has 4 heteroatoms. The van der Waals surface area contributed by atoms with Crippen molar-refractivity contribution in [3.05, 3.63) is 59.7 Å². The van der Waals surface area contributed by atoms with Crippen molar-refractivity contribution in [2.45, 2.75) is 32.2 Å². The number of carbonyl (C=O) groups is 1. The van der Waals surface area contributed by atoms with E-state index in [1.54, 1.807) is 0 Å². The molecule has 1 aliphatic rings. The van der Waals surface area contributed by atoms with Crippen molar-refractivity contribution in [1.82, 2.24) is 0 Å². The summed E-state index contributed by atoms with van der Waals surface area (Å²) in [7, 11) is 0. The van der Waals surface area contributed by atoms with Crippen molar-refractivity contribution < 1.29 is 9.53 Å². The molecule has 0 saturated heterocycles. The molecule has 2 aromatic carbocycles. The minimum Gasteiger partial charge on any atom is -0.425 e. The van der Waals surface area contributed by atoms with Crippen molar-refractivity contribution >= 4 is 24.1 Å². The average Bonchev–Trinajstić information content (AvgIpc) is 2.92. The molecule has 1 atom stereocenters. The Kier molecular flexibility index (Phi) is 5.09. The van der Waals surface area contributed by atoms with Crippen molar-refractivity contribution in [2.75, 3.05) is 5.32 Å². The van der Waals surface area contributed by atoms with E-state index in [-0.39, 0.29) is 24.4 Å². The highest BCUT2D eigenvalue weighted by Crippen LogP contribution is 2.26. The first-order valence-electron chi connectivity index (χ1n) is 7.29. The van der Waals surface area contributed by atoms with Gasteiger partial charge in [-0.25, -0.2) is 4.79 Å². The lowest BCUT2D eigenvalue weighted by Gasteiger charge is -2.12. The van der Waals surface area contributed by atoms with Crippen LogP contribution in [0.1, 0.15) is 30.9 Å². The van der Waals surface area contributed by atoms with Gasteiger partial charge in [0.1, 0.15) is 11.8 Å². The summed E-state index contributed by atoms with van der Waals surface area (Å²) in [6, 6.07) is 15.4. The number of ether oxygens (including phenoxy) is 1. The molecule has 0 aliphatic carbocycles. The van der Waals surface area contributed by atoms with Crippen molar-refractivity contribution in [2.24, 2.45) is 0 Å². The Bertz CT molecular complexity index is 627. The van der Waals surface area contributed by atoms with E-state index >= 15 is 0 Å². The summed E-state index contributed by atoms with van der Waals surface area (Å²) in [5, 5.41) is 3.21.